The van der Waals surface area contributed by atoms with E-state index in [4.69, 9.17) is 23.2 Å². The van der Waals surface area contributed by atoms with Gasteiger partial charge in [-0.2, -0.15) is 13.2 Å². The third-order valence-corrected chi connectivity index (χ3v) is 6.04. The zero-order valence-electron chi connectivity index (χ0n) is 17.2. The summed E-state index contributed by atoms with van der Waals surface area (Å²) in [6, 6.07) is 15.7. The molecule has 170 valence electrons. The van der Waals surface area contributed by atoms with Gasteiger partial charge in [0.15, 0.2) is 0 Å². The fraction of sp³-hybridized carbons (Fsp3) is 0.208. The van der Waals surface area contributed by atoms with Crippen LogP contribution in [0.3, 0.4) is 0 Å². The highest BCUT2D eigenvalue weighted by Crippen LogP contribution is 2.48. The lowest BCUT2D eigenvalue weighted by atomic mass is 9.76. The van der Waals surface area contributed by atoms with Crippen molar-refractivity contribution in [3.8, 4) is 0 Å². The topological polar surface area (TPSA) is 54.4 Å². The van der Waals surface area contributed by atoms with Gasteiger partial charge in [-0.3, -0.25) is 14.8 Å². The van der Waals surface area contributed by atoms with E-state index in [0.29, 0.717) is 22.5 Å². The second-order valence-corrected chi connectivity index (χ2v) is 8.63. The number of hydrogen-bond acceptors (Lipinski definition) is 3. The highest BCUT2D eigenvalue weighted by molar-refractivity contribution is 6.34. The van der Waals surface area contributed by atoms with Crippen LogP contribution in [-0.2, 0) is 12.0 Å². The van der Waals surface area contributed by atoms with Gasteiger partial charge in [-0.15, -0.1) is 0 Å². The van der Waals surface area contributed by atoms with Crippen molar-refractivity contribution >= 4 is 34.8 Å². The van der Waals surface area contributed by atoms with Crippen molar-refractivity contribution in [2.24, 2.45) is 4.99 Å². The van der Waals surface area contributed by atoms with Crippen molar-refractivity contribution in [1.29, 1.82) is 0 Å². The Balaban J connectivity index is 1.51. The van der Waals surface area contributed by atoms with Crippen LogP contribution in [0.4, 0.5) is 13.2 Å². The number of carbonyl (C=O) groups is 1. The summed E-state index contributed by atoms with van der Waals surface area (Å²) in [6.07, 6.45) is -3.27. The fourth-order valence-electron chi connectivity index (χ4n) is 3.79. The second-order valence-electron chi connectivity index (χ2n) is 7.76. The molecule has 0 saturated heterocycles. The molecule has 9 heteroatoms. The first-order valence-electron chi connectivity index (χ1n) is 10.0. The van der Waals surface area contributed by atoms with Gasteiger partial charge in [-0.25, -0.2) is 0 Å². The first-order chi connectivity index (χ1) is 15.7. The van der Waals surface area contributed by atoms with E-state index in [2.05, 4.69) is 15.3 Å². The van der Waals surface area contributed by atoms with E-state index in [1.54, 1.807) is 42.6 Å². The average molecular weight is 492 g/mol. The molecule has 4 rings (SSSR count). The Morgan fingerprint density at radius 3 is 2.33 bits per heavy atom. The van der Waals surface area contributed by atoms with E-state index in [-0.39, 0.29) is 34.5 Å². The van der Waals surface area contributed by atoms with Crippen LogP contribution in [0.15, 0.2) is 71.9 Å². The maximum absolute atomic E-state index is 14.2. The summed E-state index contributed by atoms with van der Waals surface area (Å²) < 4.78 is 42.7. The van der Waals surface area contributed by atoms with Crippen molar-refractivity contribution < 1.29 is 18.0 Å². The largest absolute Gasteiger partial charge is 0.400 e. The summed E-state index contributed by atoms with van der Waals surface area (Å²) in [5.41, 5.74) is -0.296. The zero-order chi connectivity index (χ0) is 23.6. The molecule has 2 heterocycles. The number of hydrogen-bond donors (Lipinski definition) is 1. The number of nitrogens with one attached hydrogen (secondary N) is 1. The van der Waals surface area contributed by atoms with E-state index >= 15 is 0 Å². The number of rotatable bonds is 5. The van der Waals surface area contributed by atoms with Gasteiger partial charge >= 0.3 is 6.18 Å². The zero-order valence-corrected chi connectivity index (χ0v) is 18.7. The molecule has 1 atom stereocenters. The van der Waals surface area contributed by atoms with Gasteiger partial charge in [-0.05, 0) is 53.6 Å². The van der Waals surface area contributed by atoms with Gasteiger partial charge in [0.1, 0.15) is 5.41 Å². The number of alkyl halides is 3. The van der Waals surface area contributed by atoms with Crippen LogP contribution in [0.25, 0.3) is 0 Å². The maximum Gasteiger partial charge on any atom is 0.400 e. The van der Waals surface area contributed by atoms with Crippen LogP contribution in [0.2, 0.25) is 10.0 Å². The lowest BCUT2D eigenvalue weighted by Crippen LogP contribution is -2.43. The first kappa shape index (κ1) is 23.3. The predicted octanol–water partition coefficient (Wildman–Crippen LogP) is 6.01. The smallest absolute Gasteiger partial charge is 0.346 e. The van der Waals surface area contributed by atoms with Crippen LogP contribution in [0, 0.1) is 0 Å². The highest BCUT2D eigenvalue weighted by atomic mass is 35.5. The van der Waals surface area contributed by atoms with Crippen LogP contribution in [0.5, 0.6) is 0 Å². The van der Waals surface area contributed by atoms with Gasteiger partial charge in [0.05, 0.1) is 18.8 Å². The summed E-state index contributed by atoms with van der Waals surface area (Å²) >= 11 is 11.9. The summed E-state index contributed by atoms with van der Waals surface area (Å²) in [5, 5.41) is 3.03. The van der Waals surface area contributed by atoms with E-state index in [0.717, 1.165) is 0 Å². The van der Waals surface area contributed by atoms with Crippen molar-refractivity contribution in [2.75, 3.05) is 6.54 Å². The molecule has 0 aliphatic carbocycles. The van der Waals surface area contributed by atoms with E-state index < -0.39 is 18.1 Å². The molecule has 1 aliphatic rings. The molecule has 0 radical (unpaired) electrons. The number of amides is 1. The minimum absolute atomic E-state index is 0.0169. The monoisotopic (exact) mass is 491 g/mol. The Bertz CT molecular complexity index is 1180. The van der Waals surface area contributed by atoms with Gasteiger partial charge in [0.25, 0.3) is 5.91 Å². The fourth-order valence-corrected chi connectivity index (χ4v) is 4.31. The summed E-state index contributed by atoms with van der Waals surface area (Å²) in [4.78, 5) is 20.7. The summed E-state index contributed by atoms with van der Waals surface area (Å²) in [6.45, 7) is -0.195. The van der Waals surface area contributed by atoms with Crippen molar-refractivity contribution in [3.63, 3.8) is 0 Å². The molecule has 1 aromatic heterocycles. The third-order valence-electron chi connectivity index (χ3n) is 5.60. The lowest BCUT2D eigenvalue weighted by molar-refractivity contribution is -0.183. The SMILES string of the molecule is O=C(NCc1ccccn1)c1ccc(C2=NCC(c3cc(Cl)cc(Cl)c3)(C(F)(F)F)C2)cc1. The summed E-state index contributed by atoms with van der Waals surface area (Å²) in [7, 11) is 0. The summed E-state index contributed by atoms with van der Waals surface area (Å²) in [5.74, 6) is -0.307. The number of pyridine rings is 1. The standard InChI is InChI=1S/C24H18Cl2F3N3O/c25-18-9-17(10-19(26)11-18)23(24(27,28)29)12-21(32-14-23)15-4-6-16(7-5-15)22(33)31-13-20-3-1-2-8-30-20/h1-11H,12-14H2,(H,31,33). The van der Waals surface area contributed by atoms with E-state index in [9.17, 15) is 18.0 Å². The van der Waals surface area contributed by atoms with Crippen molar-refractivity contribution in [2.45, 2.75) is 24.6 Å². The molecule has 1 N–H and O–H groups in total. The average Bonchev–Trinajstić information content (AvgIpc) is 3.25. The number of benzene rings is 2. The molecule has 3 aromatic rings. The molecule has 1 unspecified atom stereocenters. The van der Waals surface area contributed by atoms with Gasteiger partial charge in [0, 0.05) is 33.9 Å². The van der Waals surface area contributed by atoms with Crippen LogP contribution >= 0.6 is 23.2 Å². The molecule has 1 aliphatic heterocycles. The van der Waals surface area contributed by atoms with Crippen molar-refractivity contribution in [3.05, 3.63) is 99.3 Å². The van der Waals surface area contributed by atoms with E-state index in [1.807, 2.05) is 6.07 Å². The predicted molar refractivity (Wildman–Crippen MR) is 122 cm³/mol. The minimum Gasteiger partial charge on any atom is -0.346 e. The molecule has 4 nitrogen and oxygen atoms in total. The normalized spacial score (nSPS) is 18.2. The van der Waals surface area contributed by atoms with Crippen molar-refractivity contribution in [1.82, 2.24) is 10.3 Å². The third kappa shape index (κ3) is 4.89. The first-order valence-corrected chi connectivity index (χ1v) is 10.8. The molecule has 2 aromatic carbocycles. The maximum atomic E-state index is 14.2. The Labute approximate surface area is 198 Å². The lowest BCUT2D eigenvalue weighted by Gasteiger charge is -2.31. The van der Waals surface area contributed by atoms with Crippen LogP contribution in [0.1, 0.15) is 33.6 Å². The highest BCUT2D eigenvalue weighted by Gasteiger charge is 2.58. The number of carbonyl (C=O) groups excluding carboxylic acids is 1. The Hall–Kier alpha value is -2.90. The second kappa shape index (κ2) is 9.15. The molecule has 0 bridgehead atoms. The van der Waals surface area contributed by atoms with Gasteiger partial charge < -0.3 is 5.32 Å². The van der Waals surface area contributed by atoms with Gasteiger partial charge in [-0.1, -0.05) is 41.4 Å². The molecular formula is C24H18Cl2F3N3O. The van der Waals surface area contributed by atoms with Crippen LogP contribution in [-0.4, -0.2) is 29.3 Å². The Morgan fingerprint density at radius 2 is 1.73 bits per heavy atom. The Kier molecular flexibility index (Phi) is 6.45. The van der Waals surface area contributed by atoms with E-state index in [1.165, 1.54) is 18.2 Å². The molecule has 0 fully saturated rings. The number of aliphatic imine (C=N–C) groups is 1. The molecule has 0 saturated carbocycles. The molecule has 1 amide bonds. The molecular weight excluding hydrogens is 474 g/mol. The Morgan fingerprint density at radius 1 is 1.03 bits per heavy atom. The molecule has 33 heavy (non-hydrogen) atoms. The number of aromatic nitrogens is 1. The van der Waals surface area contributed by atoms with Gasteiger partial charge in [0.2, 0.25) is 0 Å². The minimum atomic E-state index is -4.56. The quantitative estimate of drug-likeness (QED) is 0.474. The number of nitrogens with zero attached hydrogens (tertiary/aromatic N) is 2. The van der Waals surface area contributed by atoms with Crippen LogP contribution < -0.4 is 5.32 Å². The number of halogens is 5. The molecule has 0 spiro atoms.